The highest BCUT2D eigenvalue weighted by Crippen LogP contribution is 2.39. The van der Waals surface area contributed by atoms with Gasteiger partial charge in [0.15, 0.2) is 0 Å². The van der Waals surface area contributed by atoms with Crippen molar-refractivity contribution in [2.24, 2.45) is 11.8 Å². The summed E-state index contributed by atoms with van der Waals surface area (Å²) in [4.78, 5) is 29.6. The van der Waals surface area contributed by atoms with Crippen molar-refractivity contribution in [1.82, 2.24) is 9.80 Å². The van der Waals surface area contributed by atoms with Gasteiger partial charge in [0.1, 0.15) is 0 Å². The Balaban J connectivity index is 1.70. The number of amides is 2. The number of unbranched alkanes of at least 4 members (excludes halogenated alkanes) is 9. The highest BCUT2D eigenvalue weighted by Gasteiger charge is 2.48. The van der Waals surface area contributed by atoms with Gasteiger partial charge < -0.3 is 0 Å². The Kier molecular flexibility index (Phi) is 9.65. The van der Waals surface area contributed by atoms with Crippen molar-refractivity contribution in [2.45, 2.75) is 129 Å². The molecule has 4 nitrogen and oxygen atoms in total. The van der Waals surface area contributed by atoms with E-state index >= 15 is 0 Å². The Morgan fingerprint density at radius 1 is 0.897 bits per heavy atom. The number of likely N-dealkylation sites (tertiary alicyclic amines) is 2. The molecule has 4 heteroatoms. The summed E-state index contributed by atoms with van der Waals surface area (Å²) in [5.74, 6) is 0.633. The maximum atomic E-state index is 13.0. The van der Waals surface area contributed by atoms with E-state index in [9.17, 15) is 9.59 Å². The molecule has 0 aromatic carbocycles. The third-order valence-electron chi connectivity index (χ3n) is 7.90. The summed E-state index contributed by atoms with van der Waals surface area (Å²) < 4.78 is 0. The van der Waals surface area contributed by atoms with E-state index < -0.39 is 0 Å². The number of piperidine rings is 1. The Hall–Kier alpha value is -0.900. The molecule has 0 aliphatic carbocycles. The second kappa shape index (κ2) is 11.5. The molecule has 0 spiro atoms. The first kappa shape index (κ1) is 24.4. The first-order chi connectivity index (χ1) is 13.8. The standard InChI is InChI=1S/C25H46N2O2/c1-6-7-8-9-10-11-12-13-14-15-16-21-19-23(28)27(24(21)29)22-18-17-20(2)25(3,4)26(22)5/h20-22H,6-19H2,1-5H3. The normalized spacial score (nSPS) is 27.8. The van der Waals surface area contributed by atoms with Gasteiger partial charge in [-0.3, -0.25) is 19.4 Å². The Morgan fingerprint density at radius 2 is 1.45 bits per heavy atom. The van der Waals surface area contributed by atoms with Gasteiger partial charge in [-0.1, -0.05) is 78.1 Å². The van der Waals surface area contributed by atoms with E-state index in [-0.39, 0.29) is 29.4 Å². The van der Waals surface area contributed by atoms with E-state index in [0.29, 0.717) is 12.3 Å². The molecule has 2 aliphatic rings. The van der Waals surface area contributed by atoms with Crippen molar-refractivity contribution in [3.8, 4) is 0 Å². The Bertz CT molecular complexity index is 531. The zero-order chi connectivity index (χ0) is 21.4. The van der Waals surface area contributed by atoms with Crippen LogP contribution in [0.25, 0.3) is 0 Å². The van der Waals surface area contributed by atoms with Crippen LogP contribution in [0.5, 0.6) is 0 Å². The average Bonchev–Trinajstić information content (AvgIpc) is 2.96. The van der Waals surface area contributed by atoms with E-state index in [1.165, 1.54) is 57.8 Å². The van der Waals surface area contributed by atoms with Crippen LogP contribution in [0, 0.1) is 11.8 Å². The van der Waals surface area contributed by atoms with Gasteiger partial charge in [-0.2, -0.15) is 0 Å². The molecular formula is C25H46N2O2. The van der Waals surface area contributed by atoms with Crippen LogP contribution in [0.1, 0.15) is 118 Å². The Morgan fingerprint density at radius 3 is 2.03 bits per heavy atom. The minimum atomic E-state index is -0.0765. The number of rotatable bonds is 12. The lowest BCUT2D eigenvalue weighted by atomic mass is 9.79. The molecule has 0 saturated carbocycles. The van der Waals surface area contributed by atoms with Crippen LogP contribution in [0.15, 0.2) is 0 Å². The van der Waals surface area contributed by atoms with Crippen molar-refractivity contribution < 1.29 is 9.59 Å². The second-order valence-corrected chi connectivity index (χ2v) is 10.2. The van der Waals surface area contributed by atoms with Crippen LogP contribution < -0.4 is 0 Å². The van der Waals surface area contributed by atoms with E-state index in [4.69, 9.17) is 0 Å². The number of carbonyl (C=O) groups is 2. The lowest BCUT2D eigenvalue weighted by Gasteiger charge is -2.51. The van der Waals surface area contributed by atoms with Crippen LogP contribution in [0.2, 0.25) is 0 Å². The van der Waals surface area contributed by atoms with Gasteiger partial charge in [-0.25, -0.2) is 0 Å². The minimum Gasteiger partial charge on any atom is -0.281 e. The number of hydrogen-bond acceptors (Lipinski definition) is 3. The summed E-state index contributed by atoms with van der Waals surface area (Å²) >= 11 is 0. The SMILES string of the molecule is CCCCCCCCCCCCC1CC(=O)N(C2CCC(C)C(C)(C)N2C)C1=O. The van der Waals surface area contributed by atoms with Gasteiger partial charge in [0, 0.05) is 17.9 Å². The van der Waals surface area contributed by atoms with E-state index in [1.54, 1.807) is 4.90 Å². The Labute approximate surface area is 179 Å². The number of hydrogen-bond donors (Lipinski definition) is 0. The average molecular weight is 407 g/mol. The van der Waals surface area contributed by atoms with Crippen LogP contribution in [-0.4, -0.2) is 40.4 Å². The molecule has 2 amide bonds. The van der Waals surface area contributed by atoms with Crippen LogP contribution >= 0.6 is 0 Å². The fourth-order valence-electron chi connectivity index (χ4n) is 5.11. The molecule has 0 bridgehead atoms. The van der Waals surface area contributed by atoms with Crippen LogP contribution in [0.4, 0.5) is 0 Å². The molecule has 2 heterocycles. The maximum absolute atomic E-state index is 13.0. The number of nitrogens with zero attached hydrogens (tertiary/aromatic N) is 2. The summed E-state index contributed by atoms with van der Waals surface area (Å²) in [6.07, 6.45) is 16.3. The van der Waals surface area contributed by atoms with Crippen molar-refractivity contribution in [3.63, 3.8) is 0 Å². The van der Waals surface area contributed by atoms with Gasteiger partial charge in [0.05, 0.1) is 6.17 Å². The van der Waals surface area contributed by atoms with E-state index in [0.717, 1.165) is 25.7 Å². The van der Waals surface area contributed by atoms with Crippen LogP contribution in [-0.2, 0) is 9.59 Å². The minimum absolute atomic E-state index is 0.0120. The first-order valence-electron chi connectivity index (χ1n) is 12.4. The first-order valence-corrected chi connectivity index (χ1v) is 12.4. The van der Waals surface area contributed by atoms with Crippen molar-refractivity contribution in [2.75, 3.05) is 7.05 Å². The smallest absolute Gasteiger partial charge is 0.234 e. The predicted octanol–water partition coefficient (Wildman–Crippen LogP) is 6.14. The third-order valence-corrected chi connectivity index (χ3v) is 7.90. The summed E-state index contributed by atoms with van der Waals surface area (Å²) in [7, 11) is 2.08. The molecular weight excluding hydrogens is 360 g/mol. The van der Waals surface area contributed by atoms with Gasteiger partial charge in [-0.15, -0.1) is 0 Å². The van der Waals surface area contributed by atoms with Gasteiger partial charge in [-0.05, 0) is 46.1 Å². The highest BCUT2D eigenvalue weighted by atomic mass is 16.2. The summed E-state index contributed by atoms with van der Waals surface area (Å²) in [6.45, 7) is 9.00. The summed E-state index contributed by atoms with van der Waals surface area (Å²) in [5.41, 5.74) is 0.0120. The van der Waals surface area contributed by atoms with Crippen molar-refractivity contribution >= 4 is 11.8 Å². The van der Waals surface area contributed by atoms with Gasteiger partial charge in [0.25, 0.3) is 0 Å². The van der Waals surface area contributed by atoms with Crippen LogP contribution in [0.3, 0.4) is 0 Å². The predicted molar refractivity (Wildman–Crippen MR) is 120 cm³/mol. The maximum Gasteiger partial charge on any atom is 0.234 e. The zero-order valence-corrected chi connectivity index (χ0v) is 19.8. The highest BCUT2D eigenvalue weighted by molar-refractivity contribution is 6.03. The summed E-state index contributed by atoms with van der Waals surface area (Å²) in [6, 6.07) is 0. The monoisotopic (exact) mass is 406 g/mol. The molecule has 2 aliphatic heterocycles. The fourth-order valence-corrected chi connectivity index (χ4v) is 5.11. The lowest BCUT2D eigenvalue weighted by Crippen LogP contribution is -2.61. The number of imide groups is 1. The number of carbonyl (C=O) groups excluding carboxylic acids is 2. The third kappa shape index (κ3) is 6.29. The lowest BCUT2D eigenvalue weighted by molar-refractivity contribution is -0.153. The molecule has 2 rings (SSSR count). The second-order valence-electron chi connectivity index (χ2n) is 10.2. The molecule has 168 valence electrons. The topological polar surface area (TPSA) is 40.6 Å². The molecule has 0 radical (unpaired) electrons. The molecule has 2 saturated heterocycles. The van der Waals surface area contributed by atoms with E-state index in [1.807, 2.05) is 0 Å². The molecule has 2 fully saturated rings. The zero-order valence-electron chi connectivity index (χ0n) is 19.8. The van der Waals surface area contributed by atoms with Crippen molar-refractivity contribution in [3.05, 3.63) is 0 Å². The molecule has 0 aromatic rings. The molecule has 29 heavy (non-hydrogen) atoms. The quantitative estimate of drug-likeness (QED) is 0.289. The molecule has 0 aromatic heterocycles. The van der Waals surface area contributed by atoms with Gasteiger partial charge in [0.2, 0.25) is 11.8 Å². The molecule has 3 atom stereocenters. The molecule has 3 unspecified atom stereocenters. The fraction of sp³-hybridized carbons (Fsp3) is 0.920. The van der Waals surface area contributed by atoms with E-state index in [2.05, 4.69) is 39.6 Å². The van der Waals surface area contributed by atoms with Crippen molar-refractivity contribution in [1.29, 1.82) is 0 Å². The van der Waals surface area contributed by atoms with Gasteiger partial charge >= 0.3 is 0 Å². The molecule has 0 N–H and O–H groups in total. The largest absolute Gasteiger partial charge is 0.281 e. The summed E-state index contributed by atoms with van der Waals surface area (Å²) in [5, 5.41) is 0.